The minimum atomic E-state index is -0.109. The standard InChI is InChI=1S/C17H26N4O3/c1-11(2)9-15(22)18-6-7-21-14-5-8-24-10-13(14)16(20-21)17(23)19-12-3-4-12/h11-12H,3-10H2,1-2H3,(H,18,22)(H,19,23). The summed E-state index contributed by atoms with van der Waals surface area (Å²) in [5, 5.41) is 10.4. The van der Waals surface area contributed by atoms with E-state index in [0.717, 1.165) is 30.5 Å². The fourth-order valence-corrected chi connectivity index (χ4v) is 2.90. The Labute approximate surface area is 142 Å². The first kappa shape index (κ1) is 17.0. The monoisotopic (exact) mass is 334 g/mol. The van der Waals surface area contributed by atoms with Crippen LogP contribution in [-0.2, 0) is 29.1 Å². The largest absolute Gasteiger partial charge is 0.376 e. The molecule has 132 valence electrons. The SMILES string of the molecule is CC(C)CC(=O)NCCn1nc(C(=O)NC2CC2)c2c1CCOC2. The van der Waals surface area contributed by atoms with Crippen LogP contribution in [0.15, 0.2) is 0 Å². The van der Waals surface area contributed by atoms with Crippen molar-refractivity contribution in [3.8, 4) is 0 Å². The molecule has 2 amide bonds. The van der Waals surface area contributed by atoms with Gasteiger partial charge in [-0.25, -0.2) is 0 Å². The zero-order chi connectivity index (χ0) is 17.1. The maximum Gasteiger partial charge on any atom is 0.272 e. The Hall–Kier alpha value is -1.89. The van der Waals surface area contributed by atoms with Gasteiger partial charge in [0.1, 0.15) is 0 Å². The smallest absolute Gasteiger partial charge is 0.272 e. The van der Waals surface area contributed by atoms with Crippen molar-refractivity contribution in [2.24, 2.45) is 5.92 Å². The Balaban J connectivity index is 1.65. The van der Waals surface area contributed by atoms with E-state index in [4.69, 9.17) is 4.74 Å². The van der Waals surface area contributed by atoms with Gasteiger partial charge in [0.25, 0.3) is 5.91 Å². The first-order valence-corrected chi connectivity index (χ1v) is 8.78. The van der Waals surface area contributed by atoms with Crippen molar-refractivity contribution in [2.75, 3.05) is 13.2 Å². The number of nitrogens with one attached hydrogen (secondary N) is 2. The summed E-state index contributed by atoms with van der Waals surface area (Å²) >= 11 is 0. The molecule has 3 rings (SSSR count). The van der Waals surface area contributed by atoms with E-state index in [9.17, 15) is 9.59 Å². The van der Waals surface area contributed by atoms with Crippen LogP contribution in [0, 0.1) is 5.92 Å². The van der Waals surface area contributed by atoms with E-state index in [-0.39, 0.29) is 11.8 Å². The molecule has 1 aromatic rings. The zero-order valence-corrected chi connectivity index (χ0v) is 14.4. The van der Waals surface area contributed by atoms with Gasteiger partial charge in [-0.3, -0.25) is 14.3 Å². The van der Waals surface area contributed by atoms with Crippen LogP contribution in [0.5, 0.6) is 0 Å². The number of carbonyl (C=O) groups is 2. The van der Waals surface area contributed by atoms with Crippen LogP contribution >= 0.6 is 0 Å². The highest BCUT2D eigenvalue weighted by molar-refractivity contribution is 5.94. The summed E-state index contributed by atoms with van der Waals surface area (Å²) in [5.41, 5.74) is 2.43. The van der Waals surface area contributed by atoms with Crippen LogP contribution < -0.4 is 10.6 Å². The van der Waals surface area contributed by atoms with Crippen LogP contribution in [0.3, 0.4) is 0 Å². The Morgan fingerprint density at radius 2 is 2.17 bits per heavy atom. The van der Waals surface area contributed by atoms with Crippen LogP contribution in [0.4, 0.5) is 0 Å². The lowest BCUT2D eigenvalue weighted by molar-refractivity contribution is -0.121. The number of ether oxygens (including phenoxy) is 1. The number of hydrogen-bond donors (Lipinski definition) is 2. The second-order valence-electron chi connectivity index (χ2n) is 7.00. The third-order valence-electron chi connectivity index (χ3n) is 4.26. The van der Waals surface area contributed by atoms with Crippen molar-refractivity contribution in [3.63, 3.8) is 0 Å². The summed E-state index contributed by atoms with van der Waals surface area (Å²) in [4.78, 5) is 24.1. The molecular formula is C17H26N4O3. The lowest BCUT2D eigenvalue weighted by atomic mass is 10.1. The molecule has 0 atom stereocenters. The highest BCUT2D eigenvalue weighted by atomic mass is 16.5. The molecule has 24 heavy (non-hydrogen) atoms. The lowest BCUT2D eigenvalue weighted by Crippen LogP contribution is -2.29. The van der Waals surface area contributed by atoms with Crippen molar-refractivity contribution in [2.45, 2.75) is 58.7 Å². The van der Waals surface area contributed by atoms with Gasteiger partial charge in [-0.05, 0) is 18.8 Å². The van der Waals surface area contributed by atoms with E-state index >= 15 is 0 Å². The lowest BCUT2D eigenvalue weighted by Gasteiger charge is -2.15. The first-order chi connectivity index (χ1) is 11.5. The van der Waals surface area contributed by atoms with Crippen molar-refractivity contribution >= 4 is 11.8 Å². The summed E-state index contributed by atoms with van der Waals surface area (Å²) in [6.07, 6.45) is 3.37. The Morgan fingerprint density at radius 3 is 2.88 bits per heavy atom. The third kappa shape index (κ3) is 4.14. The predicted octanol–water partition coefficient (Wildman–Crippen LogP) is 1.01. The Bertz CT molecular complexity index is 620. The highest BCUT2D eigenvalue weighted by Crippen LogP contribution is 2.23. The third-order valence-corrected chi connectivity index (χ3v) is 4.26. The van der Waals surface area contributed by atoms with E-state index in [1.165, 1.54) is 0 Å². The Kier molecular flexibility index (Phi) is 5.18. The van der Waals surface area contributed by atoms with Crippen LogP contribution in [-0.4, -0.2) is 40.8 Å². The van der Waals surface area contributed by atoms with E-state index in [1.807, 2.05) is 18.5 Å². The van der Waals surface area contributed by atoms with Crippen molar-refractivity contribution < 1.29 is 14.3 Å². The van der Waals surface area contributed by atoms with Crippen LogP contribution in [0.1, 0.15) is 54.9 Å². The number of nitrogens with zero attached hydrogens (tertiary/aromatic N) is 2. The number of aromatic nitrogens is 2. The molecule has 2 N–H and O–H groups in total. The fraction of sp³-hybridized carbons (Fsp3) is 0.706. The second kappa shape index (κ2) is 7.34. The zero-order valence-electron chi connectivity index (χ0n) is 14.4. The van der Waals surface area contributed by atoms with E-state index in [1.54, 1.807) is 0 Å². The maximum atomic E-state index is 12.4. The molecule has 1 aliphatic heterocycles. The average Bonchev–Trinajstić information content (AvgIpc) is 3.26. The molecule has 0 radical (unpaired) electrons. The number of hydrogen-bond acceptors (Lipinski definition) is 4. The molecule has 2 aliphatic rings. The molecule has 1 fully saturated rings. The molecule has 1 aromatic heterocycles. The Morgan fingerprint density at radius 1 is 1.38 bits per heavy atom. The molecule has 2 heterocycles. The number of amides is 2. The summed E-state index contributed by atoms with van der Waals surface area (Å²) < 4.78 is 7.36. The molecule has 7 heteroatoms. The van der Waals surface area contributed by atoms with Gasteiger partial charge in [-0.1, -0.05) is 13.8 Å². The molecule has 0 unspecified atom stereocenters. The summed E-state index contributed by atoms with van der Waals surface area (Å²) in [7, 11) is 0. The molecule has 7 nitrogen and oxygen atoms in total. The number of fused-ring (bicyclic) bond motifs is 1. The highest BCUT2D eigenvalue weighted by Gasteiger charge is 2.29. The average molecular weight is 334 g/mol. The topological polar surface area (TPSA) is 85.2 Å². The summed E-state index contributed by atoms with van der Waals surface area (Å²) in [5.74, 6) is 0.292. The van der Waals surface area contributed by atoms with E-state index in [0.29, 0.717) is 50.4 Å². The molecular weight excluding hydrogens is 308 g/mol. The quantitative estimate of drug-likeness (QED) is 0.779. The number of carbonyl (C=O) groups excluding carboxylic acids is 2. The van der Waals surface area contributed by atoms with Gasteiger partial charge in [0.2, 0.25) is 5.91 Å². The molecule has 0 bridgehead atoms. The second-order valence-corrected chi connectivity index (χ2v) is 7.00. The number of rotatable bonds is 7. The maximum absolute atomic E-state index is 12.4. The van der Waals surface area contributed by atoms with Crippen LogP contribution in [0.25, 0.3) is 0 Å². The van der Waals surface area contributed by atoms with Gasteiger partial charge in [-0.2, -0.15) is 5.10 Å². The van der Waals surface area contributed by atoms with Gasteiger partial charge >= 0.3 is 0 Å². The van der Waals surface area contributed by atoms with Gasteiger partial charge in [-0.15, -0.1) is 0 Å². The van der Waals surface area contributed by atoms with Gasteiger partial charge < -0.3 is 15.4 Å². The minimum Gasteiger partial charge on any atom is -0.376 e. The molecule has 1 saturated carbocycles. The summed E-state index contributed by atoms with van der Waals surface area (Å²) in [6, 6.07) is 0.304. The molecule has 0 aromatic carbocycles. The molecule has 1 aliphatic carbocycles. The fourth-order valence-electron chi connectivity index (χ4n) is 2.90. The van der Waals surface area contributed by atoms with Crippen molar-refractivity contribution in [1.82, 2.24) is 20.4 Å². The first-order valence-electron chi connectivity index (χ1n) is 8.78. The van der Waals surface area contributed by atoms with E-state index in [2.05, 4.69) is 15.7 Å². The normalized spacial score (nSPS) is 16.8. The van der Waals surface area contributed by atoms with E-state index < -0.39 is 0 Å². The van der Waals surface area contributed by atoms with Crippen LogP contribution in [0.2, 0.25) is 0 Å². The minimum absolute atomic E-state index is 0.0565. The van der Waals surface area contributed by atoms with Gasteiger partial charge in [0.05, 0.1) is 19.8 Å². The summed E-state index contributed by atoms with van der Waals surface area (Å²) in [6.45, 7) is 6.21. The van der Waals surface area contributed by atoms with Crippen molar-refractivity contribution in [1.29, 1.82) is 0 Å². The predicted molar refractivity (Wildman–Crippen MR) is 88.5 cm³/mol. The van der Waals surface area contributed by atoms with Crippen molar-refractivity contribution in [3.05, 3.63) is 17.0 Å². The molecule has 0 saturated heterocycles. The van der Waals surface area contributed by atoms with Gasteiger partial charge in [0.15, 0.2) is 5.69 Å². The van der Waals surface area contributed by atoms with Gasteiger partial charge in [0, 0.05) is 36.7 Å². The molecule has 0 spiro atoms.